The van der Waals surface area contributed by atoms with Crippen LogP contribution >= 0.6 is 0 Å². The van der Waals surface area contributed by atoms with Crippen molar-refractivity contribution in [3.05, 3.63) is 36.0 Å². The molecule has 0 aromatic heterocycles. The lowest BCUT2D eigenvalue weighted by Gasteiger charge is -2.20. The van der Waals surface area contributed by atoms with Gasteiger partial charge in [-0.25, -0.2) is 0 Å². The van der Waals surface area contributed by atoms with Crippen molar-refractivity contribution in [3.8, 4) is 0 Å². The van der Waals surface area contributed by atoms with Gasteiger partial charge in [0.15, 0.2) is 0 Å². The van der Waals surface area contributed by atoms with Gasteiger partial charge in [-0.05, 0) is 43.4 Å². The van der Waals surface area contributed by atoms with Gasteiger partial charge in [-0.15, -0.1) is 0 Å². The SMILES string of the molecule is C/C1=C\C[C@H](C)CC=CCC(C)(C)/C=C/[C@@H]1C. The fourth-order valence-corrected chi connectivity index (χ4v) is 2.01. The van der Waals surface area contributed by atoms with E-state index in [0.717, 1.165) is 12.3 Å². The van der Waals surface area contributed by atoms with E-state index in [4.69, 9.17) is 0 Å². The molecule has 0 heteroatoms. The Balaban J connectivity index is 2.86. The van der Waals surface area contributed by atoms with E-state index >= 15 is 0 Å². The molecule has 0 fully saturated rings. The summed E-state index contributed by atoms with van der Waals surface area (Å²) in [5.41, 5.74) is 1.79. The number of rotatable bonds is 0. The van der Waals surface area contributed by atoms with Crippen LogP contribution in [0.25, 0.3) is 0 Å². The largest absolute Gasteiger partial charge is 0.0882 e. The zero-order valence-corrected chi connectivity index (χ0v) is 12.2. The van der Waals surface area contributed by atoms with Crippen molar-refractivity contribution < 1.29 is 0 Å². The lowest BCUT2D eigenvalue weighted by molar-refractivity contribution is 0.482. The molecule has 0 spiro atoms. The van der Waals surface area contributed by atoms with Crippen LogP contribution in [0.5, 0.6) is 0 Å². The number of allylic oxidation sites excluding steroid dienone is 6. The highest BCUT2D eigenvalue weighted by atomic mass is 14.2. The molecular weight excluding hydrogens is 204 g/mol. The molecule has 0 radical (unpaired) electrons. The van der Waals surface area contributed by atoms with Crippen molar-refractivity contribution in [2.45, 2.75) is 53.9 Å². The topological polar surface area (TPSA) is 0 Å². The van der Waals surface area contributed by atoms with E-state index in [1.165, 1.54) is 18.4 Å². The molecular formula is C17H28. The summed E-state index contributed by atoms with van der Waals surface area (Å²) in [5, 5.41) is 0. The molecule has 0 aromatic rings. The van der Waals surface area contributed by atoms with Gasteiger partial charge < -0.3 is 0 Å². The fourth-order valence-electron chi connectivity index (χ4n) is 2.01. The van der Waals surface area contributed by atoms with E-state index in [1.807, 2.05) is 0 Å². The van der Waals surface area contributed by atoms with Crippen molar-refractivity contribution >= 4 is 0 Å². The second-order valence-electron chi connectivity index (χ2n) is 6.34. The lowest BCUT2D eigenvalue weighted by atomic mass is 9.85. The van der Waals surface area contributed by atoms with Crippen molar-refractivity contribution in [1.82, 2.24) is 0 Å². The lowest BCUT2D eigenvalue weighted by Crippen LogP contribution is -2.07. The molecule has 1 aliphatic rings. The maximum absolute atomic E-state index is 2.42. The quantitative estimate of drug-likeness (QED) is 0.482. The minimum absolute atomic E-state index is 0.285. The predicted molar refractivity (Wildman–Crippen MR) is 78.0 cm³/mol. The Kier molecular flexibility index (Phi) is 5.24. The van der Waals surface area contributed by atoms with E-state index in [9.17, 15) is 0 Å². The first-order valence-electron chi connectivity index (χ1n) is 6.92. The van der Waals surface area contributed by atoms with Crippen LogP contribution in [0.15, 0.2) is 36.0 Å². The summed E-state index contributed by atoms with van der Waals surface area (Å²) in [5.74, 6) is 1.34. The summed E-state index contributed by atoms with van der Waals surface area (Å²) >= 11 is 0. The summed E-state index contributed by atoms with van der Waals surface area (Å²) in [6, 6.07) is 0. The average molecular weight is 232 g/mol. The Hall–Kier alpha value is -0.780. The van der Waals surface area contributed by atoms with E-state index in [-0.39, 0.29) is 5.41 Å². The number of hydrogen-bond acceptors (Lipinski definition) is 0. The molecule has 0 aliphatic heterocycles. The zero-order chi connectivity index (χ0) is 12.9. The first-order valence-corrected chi connectivity index (χ1v) is 6.92. The summed E-state index contributed by atoms with van der Waals surface area (Å²) in [4.78, 5) is 0. The molecule has 0 unspecified atom stereocenters. The van der Waals surface area contributed by atoms with Crippen LogP contribution in [-0.4, -0.2) is 0 Å². The van der Waals surface area contributed by atoms with Crippen LogP contribution in [0.4, 0.5) is 0 Å². The fraction of sp³-hybridized carbons (Fsp3) is 0.647. The maximum Gasteiger partial charge on any atom is -0.00542 e. The van der Waals surface area contributed by atoms with Crippen LogP contribution in [0.2, 0.25) is 0 Å². The van der Waals surface area contributed by atoms with E-state index < -0.39 is 0 Å². The van der Waals surface area contributed by atoms with E-state index in [1.54, 1.807) is 0 Å². The Morgan fingerprint density at radius 2 is 1.82 bits per heavy atom. The molecule has 17 heavy (non-hydrogen) atoms. The highest BCUT2D eigenvalue weighted by Gasteiger charge is 2.13. The monoisotopic (exact) mass is 232 g/mol. The van der Waals surface area contributed by atoms with Gasteiger partial charge in [-0.3, -0.25) is 0 Å². The summed E-state index contributed by atoms with van der Waals surface area (Å²) < 4.78 is 0. The Bertz CT molecular complexity index is 315. The first-order chi connectivity index (χ1) is 7.91. The van der Waals surface area contributed by atoms with Crippen molar-refractivity contribution in [1.29, 1.82) is 0 Å². The van der Waals surface area contributed by atoms with Gasteiger partial charge in [-0.1, -0.05) is 63.6 Å². The van der Waals surface area contributed by atoms with Crippen LogP contribution in [0, 0.1) is 17.3 Å². The minimum atomic E-state index is 0.285. The van der Waals surface area contributed by atoms with Crippen molar-refractivity contribution in [2.24, 2.45) is 17.3 Å². The Morgan fingerprint density at radius 3 is 2.53 bits per heavy atom. The molecule has 0 amide bonds. The van der Waals surface area contributed by atoms with Gasteiger partial charge in [-0.2, -0.15) is 0 Å². The van der Waals surface area contributed by atoms with Crippen molar-refractivity contribution in [2.75, 3.05) is 0 Å². The van der Waals surface area contributed by atoms with Gasteiger partial charge in [0.05, 0.1) is 0 Å². The summed E-state index contributed by atoms with van der Waals surface area (Å²) in [6.07, 6.45) is 15.4. The molecule has 1 aliphatic carbocycles. The van der Waals surface area contributed by atoms with Crippen LogP contribution in [0.3, 0.4) is 0 Å². The number of hydrogen-bond donors (Lipinski definition) is 0. The molecule has 0 aromatic carbocycles. The van der Waals surface area contributed by atoms with Gasteiger partial charge in [0.1, 0.15) is 0 Å². The highest BCUT2D eigenvalue weighted by molar-refractivity contribution is 5.13. The molecule has 0 heterocycles. The van der Waals surface area contributed by atoms with E-state index in [2.05, 4.69) is 65.0 Å². The first kappa shape index (κ1) is 14.3. The molecule has 0 N–H and O–H groups in total. The highest BCUT2D eigenvalue weighted by Crippen LogP contribution is 2.26. The molecule has 0 saturated carbocycles. The van der Waals surface area contributed by atoms with E-state index in [0.29, 0.717) is 5.92 Å². The molecule has 1 rings (SSSR count). The van der Waals surface area contributed by atoms with Gasteiger partial charge in [0, 0.05) is 0 Å². The van der Waals surface area contributed by atoms with Gasteiger partial charge in [0.2, 0.25) is 0 Å². The average Bonchev–Trinajstić information content (AvgIpc) is 2.27. The third kappa shape index (κ3) is 5.39. The Labute approximate surface area is 108 Å². The third-order valence-electron chi connectivity index (χ3n) is 3.75. The van der Waals surface area contributed by atoms with Gasteiger partial charge >= 0.3 is 0 Å². The van der Waals surface area contributed by atoms with Crippen LogP contribution in [0.1, 0.15) is 53.9 Å². The summed E-state index contributed by atoms with van der Waals surface area (Å²) in [6.45, 7) is 11.5. The second kappa shape index (κ2) is 6.23. The molecule has 0 nitrogen and oxygen atoms in total. The molecule has 0 bridgehead atoms. The van der Waals surface area contributed by atoms with Gasteiger partial charge in [0.25, 0.3) is 0 Å². The molecule has 96 valence electrons. The zero-order valence-electron chi connectivity index (χ0n) is 12.2. The predicted octanol–water partition coefficient (Wildman–Crippen LogP) is 5.53. The second-order valence-corrected chi connectivity index (χ2v) is 6.34. The summed E-state index contributed by atoms with van der Waals surface area (Å²) in [7, 11) is 0. The van der Waals surface area contributed by atoms with Crippen LogP contribution in [-0.2, 0) is 0 Å². The third-order valence-corrected chi connectivity index (χ3v) is 3.75. The minimum Gasteiger partial charge on any atom is -0.0882 e. The Morgan fingerprint density at radius 1 is 1.12 bits per heavy atom. The smallest absolute Gasteiger partial charge is 0.00542 e. The molecule has 0 saturated heterocycles. The molecule has 2 atom stereocenters. The normalized spacial score (nSPS) is 35.2. The standard InChI is InChI=1S/C17H28/c1-14-8-6-7-12-17(4,5)13-11-16(3)15(2)10-9-14/h6-7,10-11,13-14,16H,8-9,12H2,1-5H3/b7-6?,13-11+,15-10+/t14-,16+/m1/s1. The maximum atomic E-state index is 2.42. The van der Waals surface area contributed by atoms with Crippen LogP contribution < -0.4 is 0 Å². The van der Waals surface area contributed by atoms with Crippen molar-refractivity contribution in [3.63, 3.8) is 0 Å².